The van der Waals surface area contributed by atoms with Gasteiger partial charge in [0, 0.05) is 28.9 Å². The van der Waals surface area contributed by atoms with Crippen molar-refractivity contribution >= 4 is 23.3 Å². The third-order valence-electron chi connectivity index (χ3n) is 5.03. The number of hydrogen-bond donors (Lipinski definition) is 4. The molecule has 0 spiro atoms. The van der Waals surface area contributed by atoms with Crippen LogP contribution in [0, 0.1) is 17.8 Å². The summed E-state index contributed by atoms with van der Waals surface area (Å²) in [5.74, 6) is 5.27. The molecule has 8 nitrogen and oxygen atoms in total. The highest BCUT2D eigenvalue weighted by Crippen LogP contribution is 2.10. The molecule has 2 aromatic carbocycles. The van der Waals surface area contributed by atoms with Gasteiger partial charge in [0.05, 0.1) is 12.6 Å². The van der Waals surface area contributed by atoms with E-state index >= 15 is 0 Å². The first kappa shape index (κ1) is 27.7. The Morgan fingerprint density at radius 2 is 1.49 bits per heavy atom. The van der Waals surface area contributed by atoms with Crippen molar-refractivity contribution in [1.82, 2.24) is 10.2 Å². The highest BCUT2D eigenvalue weighted by molar-refractivity contribution is 5.98. The Kier molecular flexibility index (Phi) is 10.6. The van der Waals surface area contributed by atoms with E-state index in [9.17, 15) is 19.5 Å². The second kappa shape index (κ2) is 13.4. The molecule has 0 saturated heterocycles. The summed E-state index contributed by atoms with van der Waals surface area (Å²) >= 11 is 0. The molecule has 0 heterocycles. The molecule has 2 atom stereocenters. The van der Waals surface area contributed by atoms with Gasteiger partial charge in [-0.1, -0.05) is 25.7 Å². The van der Waals surface area contributed by atoms with Crippen LogP contribution in [0.2, 0.25) is 0 Å². The van der Waals surface area contributed by atoms with Gasteiger partial charge in [-0.25, -0.2) is 0 Å². The first-order valence-electron chi connectivity index (χ1n) is 11.4. The molecule has 0 unspecified atom stereocenters. The van der Waals surface area contributed by atoms with Crippen molar-refractivity contribution in [3.05, 3.63) is 65.2 Å². The van der Waals surface area contributed by atoms with Gasteiger partial charge in [-0.05, 0) is 68.4 Å². The number of Topliss-reactive ketones (excluding diaryl/α,β-unsaturated/α-hetero) is 1. The predicted molar refractivity (Wildman–Crippen MR) is 135 cm³/mol. The van der Waals surface area contributed by atoms with E-state index in [1.807, 2.05) is 24.1 Å². The highest BCUT2D eigenvalue weighted by atomic mass is 16.3. The Hall–Kier alpha value is -3.51. The Morgan fingerprint density at radius 3 is 1.97 bits per heavy atom. The molecule has 186 valence electrons. The van der Waals surface area contributed by atoms with Crippen LogP contribution >= 0.6 is 0 Å². The van der Waals surface area contributed by atoms with Crippen molar-refractivity contribution in [2.45, 2.75) is 32.9 Å². The number of hydrogen-bond acceptors (Lipinski definition) is 6. The number of benzene rings is 2. The number of aliphatic hydroxyl groups is 2. The van der Waals surface area contributed by atoms with Crippen molar-refractivity contribution in [2.75, 3.05) is 32.1 Å². The summed E-state index contributed by atoms with van der Waals surface area (Å²) in [6, 6.07) is 12.5. The molecule has 35 heavy (non-hydrogen) atoms. The minimum atomic E-state index is -1.18. The first-order valence-corrected chi connectivity index (χ1v) is 11.4. The van der Waals surface area contributed by atoms with Crippen molar-refractivity contribution in [3.63, 3.8) is 0 Å². The lowest BCUT2D eigenvalue weighted by Gasteiger charge is -2.19. The fraction of sp³-hybridized carbons (Fsp3) is 0.370. The minimum Gasteiger partial charge on any atom is -0.391 e. The van der Waals surface area contributed by atoms with Crippen LogP contribution in [-0.4, -0.2) is 71.6 Å². The van der Waals surface area contributed by atoms with Gasteiger partial charge in [0.15, 0.2) is 5.78 Å². The van der Waals surface area contributed by atoms with Gasteiger partial charge in [-0.3, -0.25) is 19.3 Å². The van der Waals surface area contributed by atoms with Crippen molar-refractivity contribution in [2.24, 2.45) is 5.92 Å². The number of likely N-dealkylation sites (N-methyl/N-ethyl adjacent to an activating group) is 1. The van der Waals surface area contributed by atoms with Crippen LogP contribution in [-0.2, 0) is 9.59 Å². The largest absolute Gasteiger partial charge is 0.391 e. The van der Waals surface area contributed by atoms with Crippen LogP contribution in [0.25, 0.3) is 0 Å². The van der Waals surface area contributed by atoms with Crippen LogP contribution in [0.4, 0.5) is 5.69 Å². The summed E-state index contributed by atoms with van der Waals surface area (Å²) in [7, 11) is 1.92. The number of nitrogens with zero attached hydrogens (tertiary/aromatic N) is 1. The van der Waals surface area contributed by atoms with Crippen molar-refractivity contribution in [1.29, 1.82) is 0 Å². The molecule has 8 heteroatoms. The van der Waals surface area contributed by atoms with Gasteiger partial charge in [0.1, 0.15) is 12.6 Å². The number of aliphatic hydroxyl groups excluding tert-OH is 2. The summed E-state index contributed by atoms with van der Waals surface area (Å²) in [5.41, 5.74) is 2.45. The zero-order valence-electron chi connectivity index (χ0n) is 20.5. The monoisotopic (exact) mass is 479 g/mol. The SMILES string of the molecule is CC(C)CN(C)CC(=O)Nc1ccc(C#Cc2ccc(C(=O)N[C@H](C(=O)CO)[C@@H](C)O)cc2)cc1. The van der Waals surface area contributed by atoms with E-state index in [1.54, 1.807) is 36.4 Å². The molecular weight excluding hydrogens is 446 g/mol. The fourth-order valence-electron chi connectivity index (χ4n) is 3.41. The third-order valence-corrected chi connectivity index (χ3v) is 5.03. The number of carbonyl (C=O) groups is 3. The van der Waals surface area contributed by atoms with E-state index in [1.165, 1.54) is 6.92 Å². The molecule has 2 rings (SSSR count). The summed E-state index contributed by atoms with van der Waals surface area (Å²) in [6.45, 7) is 5.98. The minimum absolute atomic E-state index is 0.0726. The second-order valence-corrected chi connectivity index (χ2v) is 8.86. The van der Waals surface area contributed by atoms with Crippen LogP contribution < -0.4 is 10.6 Å². The molecule has 0 aliphatic carbocycles. The van der Waals surface area contributed by atoms with Gasteiger partial charge < -0.3 is 20.8 Å². The van der Waals surface area contributed by atoms with Crippen molar-refractivity contribution in [3.8, 4) is 11.8 Å². The molecule has 4 N–H and O–H groups in total. The lowest BCUT2D eigenvalue weighted by Crippen LogP contribution is -2.48. The highest BCUT2D eigenvalue weighted by Gasteiger charge is 2.25. The average Bonchev–Trinajstić information content (AvgIpc) is 2.80. The van der Waals surface area contributed by atoms with E-state index in [0.717, 1.165) is 12.1 Å². The van der Waals surface area contributed by atoms with Gasteiger partial charge >= 0.3 is 0 Å². The Balaban J connectivity index is 1.96. The van der Waals surface area contributed by atoms with E-state index in [2.05, 4.69) is 36.3 Å². The van der Waals surface area contributed by atoms with E-state index in [4.69, 9.17) is 5.11 Å². The number of rotatable bonds is 10. The Morgan fingerprint density at radius 1 is 0.943 bits per heavy atom. The summed E-state index contributed by atoms with van der Waals surface area (Å²) in [6.07, 6.45) is -1.13. The molecular formula is C27H33N3O5. The third kappa shape index (κ3) is 9.33. The molecule has 0 bridgehead atoms. The van der Waals surface area contributed by atoms with Gasteiger partial charge in [0.25, 0.3) is 5.91 Å². The van der Waals surface area contributed by atoms with E-state index < -0.39 is 30.4 Å². The van der Waals surface area contributed by atoms with Crippen molar-refractivity contribution < 1.29 is 24.6 Å². The van der Waals surface area contributed by atoms with Gasteiger partial charge in [-0.15, -0.1) is 0 Å². The number of carbonyl (C=O) groups excluding carboxylic acids is 3. The smallest absolute Gasteiger partial charge is 0.251 e. The first-order chi connectivity index (χ1) is 16.6. The molecule has 0 aromatic heterocycles. The predicted octanol–water partition coefficient (Wildman–Crippen LogP) is 1.65. The van der Waals surface area contributed by atoms with E-state index in [0.29, 0.717) is 29.3 Å². The van der Waals surface area contributed by atoms with Crippen LogP contribution in [0.1, 0.15) is 42.3 Å². The number of amides is 2. The molecule has 0 aliphatic rings. The lowest BCUT2D eigenvalue weighted by molar-refractivity contribution is -0.126. The maximum atomic E-state index is 12.4. The van der Waals surface area contributed by atoms with Gasteiger partial charge in [-0.2, -0.15) is 0 Å². The zero-order valence-corrected chi connectivity index (χ0v) is 20.5. The van der Waals surface area contributed by atoms with Crippen LogP contribution in [0.5, 0.6) is 0 Å². The topological polar surface area (TPSA) is 119 Å². The molecule has 0 aliphatic heterocycles. The Bertz CT molecular complexity index is 1070. The second-order valence-electron chi connectivity index (χ2n) is 8.86. The Labute approximate surface area is 206 Å². The number of ketones is 1. The molecule has 2 aromatic rings. The molecule has 0 fully saturated rings. The quantitative estimate of drug-likeness (QED) is 0.385. The average molecular weight is 480 g/mol. The molecule has 2 amide bonds. The standard InChI is InChI=1S/C27H33N3O5/c1-18(2)15-30(4)16-25(34)28-23-13-9-21(10-14-23)6-5-20-7-11-22(12-8-20)27(35)29-26(19(3)32)24(33)17-31/h7-14,18-19,26,31-32H,15-17H2,1-4H3,(H,28,34)(H,29,35)/t19-,26+/m1/s1. The maximum absolute atomic E-state index is 12.4. The summed E-state index contributed by atoms with van der Waals surface area (Å²) in [4.78, 5) is 38.2. The summed E-state index contributed by atoms with van der Waals surface area (Å²) in [5, 5.41) is 24.0. The van der Waals surface area contributed by atoms with Crippen LogP contribution in [0.15, 0.2) is 48.5 Å². The van der Waals surface area contributed by atoms with Crippen LogP contribution in [0.3, 0.4) is 0 Å². The molecule has 0 saturated carbocycles. The normalized spacial score (nSPS) is 12.5. The van der Waals surface area contributed by atoms with Gasteiger partial charge in [0.2, 0.25) is 5.91 Å². The number of anilines is 1. The maximum Gasteiger partial charge on any atom is 0.251 e. The van der Waals surface area contributed by atoms with E-state index in [-0.39, 0.29) is 5.91 Å². The molecule has 0 radical (unpaired) electrons. The zero-order chi connectivity index (χ0) is 26.0. The number of nitrogens with one attached hydrogen (secondary N) is 2. The lowest BCUT2D eigenvalue weighted by atomic mass is 10.1. The summed E-state index contributed by atoms with van der Waals surface area (Å²) < 4.78 is 0. The fourth-order valence-corrected chi connectivity index (χ4v) is 3.41.